The predicted octanol–water partition coefficient (Wildman–Crippen LogP) is 1.61. The van der Waals surface area contributed by atoms with Crippen LogP contribution in [0.2, 0.25) is 0 Å². The van der Waals surface area contributed by atoms with Gasteiger partial charge in [-0.25, -0.2) is 9.67 Å². The fraction of sp³-hybridized carbons (Fsp3) is 0.0625. The number of rotatable bonds is 2. The van der Waals surface area contributed by atoms with E-state index in [0.29, 0.717) is 6.54 Å². The van der Waals surface area contributed by atoms with Crippen LogP contribution in [0.4, 0.5) is 0 Å². The summed E-state index contributed by atoms with van der Waals surface area (Å²) in [6.45, 7) is 0.296. The van der Waals surface area contributed by atoms with Crippen LogP contribution in [0, 0.1) is 0 Å². The molecule has 6 heteroatoms. The van der Waals surface area contributed by atoms with Crippen molar-refractivity contribution in [2.75, 3.05) is 0 Å². The Balaban J connectivity index is 1.92. The van der Waals surface area contributed by atoms with Crippen molar-refractivity contribution in [3.8, 4) is 0 Å². The lowest BCUT2D eigenvalue weighted by Crippen LogP contribution is -2.30. The molecule has 0 saturated heterocycles. The number of fused-ring (bicyclic) bond motifs is 2. The first-order chi connectivity index (χ1) is 10.7. The highest BCUT2D eigenvalue weighted by atomic mass is 16.2. The van der Waals surface area contributed by atoms with Crippen molar-refractivity contribution in [1.82, 2.24) is 19.7 Å². The fourth-order valence-electron chi connectivity index (χ4n) is 2.70. The van der Waals surface area contributed by atoms with E-state index in [1.807, 2.05) is 42.5 Å². The first kappa shape index (κ1) is 12.6. The lowest BCUT2D eigenvalue weighted by atomic mass is 10.0. The zero-order valence-corrected chi connectivity index (χ0v) is 11.5. The predicted molar refractivity (Wildman–Crippen MR) is 84.0 cm³/mol. The van der Waals surface area contributed by atoms with Gasteiger partial charge in [0.2, 0.25) is 0 Å². The quantitative estimate of drug-likeness (QED) is 0.589. The third-order valence-corrected chi connectivity index (χ3v) is 3.76. The Kier molecular flexibility index (Phi) is 2.69. The Morgan fingerprint density at radius 3 is 2.77 bits per heavy atom. The highest BCUT2D eigenvalue weighted by Gasteiger charge is 2.10. The maximum atomic E-state index is 12.4. The number of nitrogens with one attached hydrogen (secondary N) is 2. The standard InChI is InChI=1S/C16H12N4O2/c21-15-13-14(18-9-17-13)16(22)20(19-15)8-11-6-3-5-10-4-1-2-7-12(10)11/h1-7,9H,8H2,(H,17,18)(H,19,21). The number of imidazole rings is 1. The molecule has 0 atom stereocenters. The van der Waals surface area contributed by atoms with E-state index in [2.05, 4.69) is 15.1 Å². The third-order valence-electron chi connectivity index (χ3n) is 3.76. The highest BCUT2D eigenvalue weighted by molar-refractivity contribution is 5.85. The molecule has 0 aliphatic rings. The van der Waals surface area contributed by atoms with Crippen LogP contribution >= 0.6 is 0 Å². The monoisotopic (exact) mass is 292 g/mol. The molecule has 0 aliphatic carbocycles. The second kappa shape index (κ2) is 4.70. The minimum atomic E-state index is -0.379. The molecule has 108 valence electrons. The lowest BCUT2D eigenvalue weighted by molar-refractivity contribution is 0.638. The van der Waals surface area contributed by atoms with Crippen molar-refractivity contribution >= 4 is 21.8 Å². The topological polar surface area (TPSA) is 83.5 Å². The normalized spacial score (nSPS) is 11.3. The van der Waals surface area contributed by atoms with Crippen molar-refractivity contribution < 1.29 is 0 Å². The summed E-state index contributed by atoms with van der Waals surface area (Å²) in [7, 11) is 0. The van der Waals surface area contributed by atoms with Gasteiger partial charge in [-0.1, -0.05) is 42.5 Å². The summed E-state index contributed by atoms with van der Waals surface area (Å²) in [4.78, 5) is 31.0. The third kappa shape index (κ3) is 1.85. The first-order valence-electron chi connectivity index (χ1n) is 6.87. The second-order valence-corrected chi connectivity index (χ2v) is 5.10. The van der Waals surface area contributed by atoms with Crippen molar-refractivity contribution in [3.63, 3.8) is 0 Å². The molecular weight excluding hydrogens is 280 g/mol. The zero-order chi connectivity index (χ0) is 15.1. The molecule has 4 rings (SSSR count). The Morgan fingerprint density at radius 1 is 1.05 bits per heavy atom. The first-order valence-corrected chi connectivity index (χ1v) is 6.87. The van der Waals surface area contributed by atoms with E-state index in [0.717, 1.165) is 16.3 Å². The second-order valence-electron chi connectivity index (χ2n) is 5.10. The van der Waals surface area contributed by atoms with Crippen molar-refractivity contribution in [3.05, 3.63) is 75.1 Å². The summed E-state index contributed by atoms with van der Waals surface area (Å²) >= 11 is 0. The number of nitrogens with zero attached hydrogens (tertiary/aromatic N) is 2. The van der Waals surface area contributed by atoms with Gasteiger partial charge in [-0.05, 0) is 16.3 Å². The molecule has 0 bridgehead atoms. The molecule has 0 spiro atoms. The summed E-state index contributed by atoms with van der Waals surface area (Å²) in [6.07, 6.45) is 1.35. The van der Waals surface area contributed by atoms with Crippen LogP contribution in [0.3, 0.4) is 0 Å². The molecule has 2 aromatic carbocycles. The molecule has 2 aromatic heterocycles. The van der Waals surface area contributed by atoms with Gasteiger partial charge in [0, 0.05) is 0 Å². The summed E-state index contributed by atoms with van der Waals surface area (Å²) in [5.41, 5.74) is 0.661. The number of hydrogen-bond donors (Lipinski definition) is 2. The average Bonchev–Trinajstić information content (AvgIpc) is 3.03. The van der Waals surface area contributed by atoms with Gasteiger partial charge in [0.05, 0.1) is 12.9 Å². The lowest BCUT2D eigenvalue weighted by Gasteiger charge is -2.08. The largest absolute Gasteiger partial charge is 0.340 e. The molecule has 4 aromatic rings. The van der Waals surface area contributed by atoms with Gasteiger partial charge in [0.1, 0.15) is 5.52 Å². The Labute approximate surface area is 124 Å². The van der Waals surface area contributed by atoms with Crippen molar-refractivity contribution in [2.24, 2.45) is 0 Å². The van der Waals surface area contributed by atoms with Gasteiger partial charge < -0.3 is 4.98 Å². The van der Waals surface area contributed by atoms with Crippen LogP contribution in [-0.2, 0) is 6.54 Å². The van der Waals surface area contributed by atoms with E-state index in [1.54, 1.807) is 0 Å². The number of aromatic amines is 2. The number of hydrogen-bond acceptors (Lipinski definition) is 3. The molecule has 0 radical (unpaired) electrons. The SMILES string of the molecule is O=c1[nH]n(Cc2cccc3ccccc23)c(=O)c2[nH]cnc12. The molecule has 0 fully saturated rings. The molecule has 2 heterocycles. The molecule has 22 heavy (non-hydrogen) atoms. The van der Waals surface area contributed by atoms with Crippen molar-refractivity contribution in [2.45, 2.75) is 6.54 Å². The van der Waals surface area contributed by atoms with Crippen LogP contribution in [0.15, 0.2) is 58.4 Å². The highest BCUT2D eigenvalue weighted by Crippen LogP contribution is 2.18. The van der Waals surface area contributed by atoms with E-state index in [4.69, 9.17) is 0 Å². The number of aromatic nitrogens is 4. The van der Waals surface area contributed by atoms with Gasteiger partial charge in [-0.2, -0.15) is 0 Å². The molecule has 0 unspecified atom stereocenters. The van der Waals surface area contributed by atoms with E-state index < -0.39 is 0 Å². The molecule has 0 saturated carbocycles. The molecule has 0 amide bonds. The van der Waals surface area contributed by atoms with E-state index in [-0.39, 0.29) is 22.2 Å². The minimum Gasteiger partial charge on any atom is -0.340 e. The average molecular weight is 292 g/mol. The minimum absolute atomic E-state index is 0.138. The Morgan fingerprint density at radius 2 is 1.86 bits per heavy atom. The van der Waals surface area contributed by atoms with Crippen LogP contribution in [-0.4, -0.2) is 19.7 Å². The van der Waals surface area contributed by atoms with Gasteiger partial charge in [0.15, 0.2) is 5.52 Å². The Bertz CT molecular complexity index is 1100. The van der Waals surface area contributed by atoms with Gasteiger partial charge in [0.25, 0.3) is 11.1 Å². The Hall–Kier alpha value is -3.15. The van der Waals surface area contributed by atoms with Crippen molar-refractivity contribution in [1.29, 1.82) is 0 Å². The summed E-state index contributed by atoms with van der Waals surface area (Å²) in [6, 6.07) is 13.8. The summed E-state index contributed by atoms with van der Waals surface area (Å²) in [5, 5.41) is 4.74. The number of H-pyrrole nitrogens is 2. The number of benzene rings is 2. The van der Waals surface area contributed by atoms with Gasteiger partial charge >= 0.3 is 0 Å². The van der Waals surface area contributed by atoms with Crippen LogP contribution < -0.4 is 11.1 Å². The zero-order valence-electron chi connectivity index (χ0n) is 11.5. The van der Waals surface area contributed by atoms with Crippen LogP contribution in [0.5, 0.6) is 0 Å². The van der Waals surface area contributed by atoms with E-state index >= 15 is 0 Å². The fourth-order valence-corrected chi connectivity index (χ4v) is 2.70. The molecule has 6 nitrogen and oxygen atoms in total. The van der Waals surface area contributed by atoms with E-state index in [1.165, 1.54) is 11.0 Å². The molecule has 2 N–H and O–H groups in total. The molecular formula is C16H12N4O2. The molecule has 0 aliphatic heterocycles. The smallest absolute Gasteiger partial charge is 0.291 e. The van der Waals surface area contributed by atoms with Gasteiger partial charge in [-0.15, -0.1) is 0 Å². The van der Waals surface area contributed by atoms with E-state index in [9.17, 15) is 9.59 Å². The maximum absolute atomic E-state index is 12.4. The van der Waals surface area contributed by atoms with Crippen LogP contribution in [0.25, 0.3) is 21.8 Å². The summed E-state index contributed by atoms with van der Waals surface area (Å²) in [5.74, 6) is 0. The van der Waals surface area contributed by atoms with Gasteiger partial charge in [-0.3, -0.25) is 14.7 Å². The van der Waals surface area contributed by atoms with Crippen LogP contribution in [0.1, 0.15) is 5.56 Å². The maximum Gasteiger partial charge on any atom is 0.291 e. The summed E-state index contributed by atoms with van der Waals surface area (Å²) < 4.78 is 1.31.